The van der Waals surface area contributed by atoms with Crippen molar-refractivity contribution in [3.05, 3.63) is 78.6 Å². The van der Waals surface area contributed by atoms with E-state index in [-0.39, 0.29) is 5.04 Å². The molecular weight excluding hydrogens is 497 g/mol. The van der Waals surface area contributed by atoms with Gasteiger partial charge in [-0.2, -0.15) is 4.39 Å². The third-order valence-electron chi connectivity index (χ3n) is 7.07. The van der Waals surface area contributed by atoms with E-state index in [2.05, 4.69) is 60.9 Å². The molecule has 0 bridgehead atoms. The van der Waals surface area contributed by atoms with Gasteiger partial charge in [0.15, 0.2) is 19.8 Å². The van der Waals surface area contributed by atoms with Crippen LogP contribution in [0, 0.1) is 5.95 Å². The molecule has 2 N–H and O–H groups in total. The number of rotatable bonds is 6. The first kappa shape index (κ1) is 25.6. The predicted octanol–water partition coefficient (Wildman–Crippen LogP) is 6.18. The van der Waals surface area contributed by atoms with Gasteiger partial charge in [0.25, 0.3) is 0 Å². The number of nitrogens with two attached hydrogens (primary N) is 1. The lowest BCUT2D eigenvalue weighted by molar-refractivity contribution is 0.276. The molecule has 10 heteroatoms. The predicted molar refractivity (Wildman–Crippen MR) is 149 cm³/mol. The smallest absolute Gasteiger partial charge is 0.231 e. The normalized spacial score (nSPS) is 12.3. The highest BCUT2D eigenvalue weighted by Crippen LogP contribution is 2.37. The molecule has 38 heavy (non-hydrogen) atoms. The SMILES string of the molecule is CC(C)(C)[Si](C)(C)OCc1ccc(-n2c(-c3cccnc3N)nc3ccc(-c4cnc(F)cn4)nc32)cc1. The Morgan fingerprint density at radius 1 is 0.921 bits per heavy atom. The Kier molecular flexibility index (Phi) is 6.54. The van der Waals surface area contributed by atoms with Crippen molar-refractivity contribution in [3.63, 3.8) is 0 Å². The molecule has 1 aromatic carbocycles. The van der Waals surface area contributed by atoms with E-state index in [1.54, 1.807) is 12.3 Å². The first-order valence-electron chi connectivity index (χ1n) is 12.3. The van der Waals surface area contributed by atoms with Crippen molar-refractivity contribution in [1.82, 2.24) is 29.5 Å². The van der Waals surface area contributed by atoms with E-state index in [4.69, 9.17) is 20.1 Å². The molecule has 8 nitrogen and oxygen atoms in total. The fraction of sp³-hybridized carbons (Fsp3) is 0.250. The van der Waals surface area contributed by atoms with Crippen molar-refractivity contribution in [3.8, 4) is 28.5 Å². The highest BCUT2D eigenvalue weighted by molar-refractivity contribution is 6.74. The number of nitrogens with zero attached hydrogens (tertiary/aromatic N) is 6. The lowest BCUT2D eigenvalue weighted by atomic mass is 10.2. The van der Waals surface area contributed by atoms with Crippen molar-refractivity contribution >= 4 is 25.3 Å². The quantitative estimate of drug-likeness (QED) is 0.263. The molecule has 0 saturated carbocycles. The van der Waals surface area contributed by atoms with Crippen LogP contribution in [0.4, 0.5) is 10.2 Å². The molecule has 0 spiro atoms. The summed E-state index contributed by atoms with van der Waals surface area (Å²) in [5.74, 6) is 0.339. The maximum atomic E-state index is 13.3. The van der Waals surface area contributed by atoms with Crippen molar-refractivity contribution in [2.45, 2.75) is 45.5 Å². The summed E-state index contributed by atoms with van der Waals surface area (Å²) in [6.45, 7) is 11.7. The largest absolute Gasteiger partial charge is 0.413 e. The van der Waals surface area contributed by atoms with Gasteiger partial charge in [-0.15, -0.1) is 0 Å². The number of aromatic nitrogens is 6. The van der Waals surface area contributed by atoms with Gasteiger partial charge in [0.2, 0.25) is 5.95 Å². The number of halogens is 1. The number of nitrogen functional groups attached to an aromatic ring is 1. The maximum absolute atomic E-state index is 13.3. The van der Waals surface area contributed by atoms with Crippen molar-refractivity contribution < 1.29 is 8.82 Å². The minimum absolute atomic E-state index is 0.138. The first-order chi connectivity index (χ1) is 18.0. The number of benzene rings is 1. The second-order valence-electron chi connectivity index (χ2n) is 10.7. The molecule has 4 aromatic heterocycles. The molecule has 4 heterocycles. The Hall–Kier alpha value is -4.02. The summed E-state index contributed by atoms with van der Waals surface area (Å²) in [6, 6.07) is 15.5. The highest BCUT2D eigenvalue weighted by Gasteiger charge is 2.37. The van der Waals surface area contributed by atoms with Gasteiger partial charge in [-0.1, -0.05) is 32.9 Å². The third kappa shape index (κ3) is 4.92. The van der Waals surface area contributed by atoms with Crippen LogP contribution in [0.2, 0.25) is 18.1 Å². The van der Waals surface area contributed by atoms with E-state index in [1.807, 2.05) is 34.9 Å². The van der Waals surface area contributed by atoms with E-state index in [0.717, 1.165) is 17.4 Å². The minimum Gasteiger partial charge on any atom is -0.413 e. The van der Waals surface area contributed by atoms with Crippen LogP contribution < -0.4 is 5.73 Å². The van der Waals surface area contributed by atoms with Crippen molar-refractivity contribution in [2.24, 2.45) is 0 Å². The van der Waals surface area contributed by atoms with Gasteiger partial charge in [0.05, 0.1) is 30.3 Å². The van der Waals surface area contributed by atoms with E-state index in [9.17, 15) is 4.39 Å². The van der Waals surface area contributed by atoms with E-state index in [1.165, 1.54) is 6.20 Å². The Morgan fingerprint density at radius 2 is 1.68 bits per heavy atom. The van der Waals surface area contributed by atoms with Gasteiger partial charge in [-0.3, -0.25) is 4.57 Å². The number of hydrogen-bond donors (Lipinski definition) is 1. The van der Waals surface area contributed by atoms with Crippen LogP contribution in [0.15, 0.2) is 67.1 Å². The molecule has 5 aromatic rings. The summed E-state index contributed by atoms with van der Waals surface area (Å²) in [5.41, 5.74) is 11.2. The summed E-state index contributed by atoms with van der Waals surface area (Å²) >= 11 is 0. The summed E-state index contributed by atoms with van der Waals surface area (Å²) in [5, 5.41) is 0.138. The maximum Gasteiger partial charge on any atom is 0.231 e. The van der Waals surface area contributed by atoms with Crippen molar-refractivity contribution in [2.75, 3.05) is 5.73 Å². The average Bonchev–Trinajstić information content (AvgIpc) is 3.26. The van der Waals surface area contributed by atoms with E-state index in [0.29, 0.717) is 46.4 Å². The summed E-state index contributed by atoms with van der Waals surface area (Å²) in [6.07, 6.45) is 4.08. The van der Waals surface area contributed by atoms with E-state index >= 15 is 0 Å². The lowest BCUT2D eigenvalue weighted by Crippen LogP contribution is -2.40. The van der Waals surface area contributed by atoms with Crippen LogP contribution in [0.1, 0.15) is 26.3 Å². The van der Waals surface area contributed by atoms with Gasteiger partial charge in [-0.25, -0.2) is 24.9 Å². The second kappa shape index (κ2) is 9.69. The van der Waals surface area contributed by atoms with Gasteiger partial charge < -0.3 is 10.2 Å². The molecule has 0 unspecified atom stereocenters. The zero-order chi connectivity index (χ0) is 27.1. The molecule has 0 radical (unpaired) electrons. The molecule has 0 aliphatic rings. The Bertz CT molecular complexity index is 1590. The zero-order valence-corrected chi connectivity index (χ0v) is 23.1. The number of imidazole rings is 1. The summed E-state index contributed by atoms with van der Waals surface area (Å²) < 4.78 is 21.7. The monoisotopic (exact) mass is 527 g/mol. The van der Waals surface area contributed by atoms with Crippen LogP contribution in [-0.4, -0.2) is 37.8 Å². The van der Waals surface area contributed by atoms with Crippen LogP contribution in [0.25, 0.3) is 39.6 Å². The van der Waals surface area contributed by atoms with Gasteiger partial charge in [-0.05, 0) is 60.1 Å². The van der Waals surface area contributed by atoms with Crippen LogP contribution in [0.5, 0.6) is 0 Å². The molecule has 0 aliphatic heterocycles. The summed E-state index contributed by atoms with van der Waals surface area (Å²) in [7, 11) is -1.87. The molecule has 0 amide bonds. The Morgan fingerprint density at radius 3 is 2.34 bits per heavy atom. The van der Waals surface area contributed by atoms with Crippen LogP contribution >= 0.6 is 0 Å². The molecular formula is C28H30FN7OSi. The topological polar surface area (TPSA) is 105 Å². The standard InChI is InChI=1S/C28H30FN7OSi/c1-28(2,3)38(4,5)37-17-18-8-10-19(11-9-18)36-26(20-7-6-14-31-25(20)30)35-22-13-12-21(34-27(22)36)23-15-33-24(29)16-32-23/h6-16H,17H2,1-5H3,(H2,30,31). The van der Waals surface area contributed by atoms with Gasteiger partial charge in [0, 0.05) is 11.9 Å². The lowest BCUT2D eigenvalue weighted by Gasteiger charge is -2.36. The van der Waals surface area contributed by atoms with Gasteiger partial charge in [0.1, 0.15) is 17.0 Å². The zero-order valence-electron chi connectivity index (χ0n) is 22.1. The molecule has 194 valence electrons. The van der Waals surface area contributed by atoms with Gasteiger partial charge >= 0.3 is 0 Å². The number of anilines is 1. The molecule has 5 rings (SSSR count). The molecule has 0 fully saturated rings. The molecule has 0 aliphatic carbocycles. The average molecular weight is 528 g/mol. The first-order valence-corrected chi connectivity index (χ1v) is 15.3. The van der Waals surface area contributed by atoms with Crippen molar-refractivity contribution in [1.29, 1.82) is 0 Å². The van der Waals surface area contributed by atoms with Crippen LogP contribution in [-0.2, 0) is 11.0 Å². The number of fused-ring (bicyclic) bond motifs is 1. The van der Waals surface area contributed by atoms with Crippen LogP contribution in [0.3, 0.4) is 0 Å². The minimum atomic E-state index is -1.87. The number of pyridine rings is 2. The van der Waals surface area contributed by atoms with E-state index < -0.39 is 14.3 Å². The molecule has 0 saturated heterocycles. The summed E-state index contributed by atoms with van der Waals surface area (Å²) in [4.78, 5) is 21.8. The fourth-order valence-electron chi connectivity index (χ4n) is 3.80. The third-order valence-corrected chi connectivity index (χ3v) is 11.5. The Labute approximate surface area is 221 Å². The second-order valence-corrected chi connectivity index (χ2v) is 15.5. The molecule has 0 atom stereocenters. The Balaban J connectivity index is 1.59. The fourth-order valence-corrected chi connectivity index (χ4v) is 4.76. The number of hydrogen-bond acceptors (Lipinski definition) is 7. The highest BCUT2D eigenvalue weighted by atomic mass is 28.4.